The summed E-state index contributed by atoms with van der Waals surface area (Å²) < 4.78 is 27.1. The van der Waals surface area contributed by atoms with Crippen molar-refractivity contribution in [1.29, 1.82) is 0 Å². The summed E-state index contributed by atoms with van der Waals surface area (Å²) in [6.45, 7) is 0.836. The highest BCUT2D eigenvalue weighted by molar-refractivity contribution is 9.10. The van der Waals surface area contributed by atoms with E-state index < -0.39 is 10.0 Å². The maximum atomic E-state index is 12.6. The van der Waals surface area contributed by atoms with Crippen molar-refractivity contribution in [3.8, 4) is 0 Å². The van der Waals surface area contributed by atoms with Crippen LogP contribution >= 0.6 is 27.5 Å². The van der Waals surface area contributed by atoms with Crippen LogP contribution in [0.15, 0.2) is 27.6 Å². The van der Waals surface area contributed by atoms with Gasteiger partial charge in [-0.3, -0.25) is 0 Å². The van der Waals surface area contributed by atoms with Crippen molar-refractivity contribution in [2.75, 3.05) is 13.1 Å². The lowest BCUT2D eigenvalue weighted by molar-refractivity contribution is 0.393. The first-order valence-electron chi connectivity index (χ1n) is 5.64. The van der Waals surface area contributed by atoms with E-state index in [9.17, 15) is 8.42 Å². The number of halogens is 2. The van der Waals surface area contributed by atoms with Gasteiger partial charge in [0.05, 0.1) is 5.02 Å². The molecule has 1 atom stereocenters. The Morgan fingerprint density at radius 2 is 2.22 bits per heavy atom. The lowest BCUT2D eigenvalue weighted by atomic mass is 10.2. The van der Waals surface area contributed by atoms with Crippen LogP contribution in [0.4, 0.5) is 0 Å². The highest BCUT2D eigenvalue weighted by atomic mass is 79.9. The molecule has 4 nitrogen and oxygen atoms in total. The van der Waals surface area contributed by atoms with Crippen LogP contribution in [0.25, 0.3) is 0 Å². The molecule has 1 fully saturated rings. The predicted molar refractivity (Wildman–Crippen MR) is 75.1 cm³/mol. The van der Waals surface area contributed by atoms with Crippen LogP contribution in [0.3, 0.4) is 0 Å². The normalized spacial score (nSPS) is 21.4. The summed E-state index contributed by atoms with van der Waals surface area (Å²) in [5.41, 5.74) is 5.62. The smallest absolute Gasteiger partial charge is 0.245 e. The molecule has 0 spiro atoms. The Morgan fingerprint density at radius 1 is 1.50 bits per heavy atom. The van der Waals surface area contributed by atoms with E-state index >= 15 is 0 Å². The molecule has 1 aromatic carbocycles. The number of benzene rings is 1. The molecule has 0 bridgehead atoms. The van der Waals surface area contributed by atoms with E-state index in [0.29, 0.717) is 17.6 Å². The largest absolute Gasteiger partial charge is 0.329 e. The second-order valence-corrected chi connectivity index (χ2v) is 7.29. The van der Waals surface area contributed by atoms with Gasteiger partial charge in [0.1, 0.15) is 4.90 Å². The van der Waals surface area contributed by atoms with E-state index in [4.69, 9.17) is 17.3 Å². The summed E-state index contributed by atoms with van der Waals surface area (Å²) in [6, 6.07) is 4.83. The van der Waals surface area contributed by atoms with E-state index in [-0.39, 0.29) is 16.0 Å². The van der Waals surface area contributed by atoms with Crippen molar-refractivity contribution >= 4 is 37.6 Å². The van der Waals surface area contributed by atoms with E-state index in [2.05, 4.69) is 15.9 Å². The molecule has 7 heteroatoms. The van der Waals surface area contributed by atoms with Gasteiger partial charge in [-0.25, -0.2) is 8.42 Å². The average Bonchev–Trinajstić information content (AvgIpc) is 2.77. The molecule has 100 valence electrons. The predicted octanol–water partition coefficient (Wildman–Crippen LogP) is 2.21. The molecule has 1 saturated heterocycles. The Balaban J connectivity index is 2.49. The van der Waals surface area contributed by atoms with E-state index in [1.165, 1.54) is 4.31 Å². The highest BCUT2D eigenvalue weighted by Gasteiger charge is 2.36. The lowest BCUT2D eigenvalue weighted by Crippen LogP contribution is -2.40. The number of hydrogen-bond donors (Lipinski definition) is 1. The van der Waals surface area contributed by atoms with Gasteiger partial charge >= 0.3 is 0 Å². The topological polar surface area (TPSA) is 63.4 Å². The third kappa shape index (κ3) is 2.44. The van der Waals surface area contributed by atoms with Crippen LogP contribution < -0.4 is 5.73 Å². The molecule has 1 aliphatic rings. The maximum absolute atomic E-state index is 12.6. The van der Waals surface area contributed by atoms with E-state index in [1.54, 1.807) is 18.2 Å². The second kappa shape index (κ2) is 5.46. The van der Waals surface area contributed by atoms with Crippen LogP contribution in [0.5, 0.6) is 0 Å². The van der Waals surface area contributed by atoms with Crippen molar-refractivity contribution in [3.05, 3.63) is 27.7 Å². The molecule has 0 radical (unpaired) electrons. The summed E-state index contributed by atoms with van der Waals surface area (Å²) in [7, 11) is -3.59. The fourth-order valence-electron chi connectivity index (χ4n) is 2.21. The molecule has 1 aliphatic heterocycles. The van der Waals surface area contributed by atoms with Crippen LogP contribution in [0.2, 0.25) is 5.02 Å². The van der Waals surface area contributed by atoms with Crippen molar-refractivity contribution in [3.63, 3.8) is 0 Å². The summed E-state index contributed by atoms with van der Waals surface area (Å²) >= 11 is 9.27. The van der Waals surface area contributed by atoms with Crippen molar-refractivity contribution in [1.82, 2.24) is 4.31 Å². The number of nitrogens with zero attached hydrogens (tertiary/aromatic N) is 1. The molecule has 1 aromatic rings. The van der Waals surface area contributed by atoms with Crippen LogP contribution in [0.1, 0.15) is 12.8 Å². The summed E-state index contributed by atoms with van der Waals surface area (Å²) in [5.74, 6) is 0. The molecule has 2 N–H and O–H groups in total. The molecule has 0 amide bonds. The SMILES string of the molecule is NCC1CCCN1S(=O)(=O)c1c(Cl)cccc1Br. The van der Waals surface area contributed by atoms with Gasteiger partial charge in [0, 0.05) is 23.6 Å². The van der Waals surface area contributed by atoms with Gasteiger partial charge in [0.2, 0.25) is 10.0 Å². The standard InChI is InChI=1S/C11H14BrClN2O2S/c12-9-4-1-5-10(13)11(9)18(16,17)15-6-2-3-8(15)7-14/h1,4-5,8H,2-3,6-7,14H2. The fraction of sp³-hybridized carbons (Fsp3) is 0.455. The van der Waals surface area contributed by atoms with Gasteiger partial charge in [0.25, 0.3) is 0 Å². The van der Waals surface area contributed by atoms with Gasteiger partial charge in [-0.15, -0.1) is 0 Å². The molecular weight excluding hydrogens is 340 g/mol. The van der Waals surface area contributed by atoms with Crippen LogP contribution in [-0.4, -0.2) is 31.9 Å². The van der Waals surface area contributed by atoms with E-state index in [1.807, 2.05) is 0 Å². The number of rotatable bonds is 3. The molecule has 1 unspecified atom stereocenters. The zero-order chi connectivity index (χ0) is 13.3. The third-order valence-corrected chi connectivity index (χ3v) is 6.49. The Labute approximate surface area is 120 Å². The van der Waals surface area contributed by atoms with Crippen molar-refractivity contribution in [2.45, 2.75) is 23.8 Å². The van der Waals surface area contributed by atoms with Crippen LogP contribution in [-0.2, 0) is 10.0 Å². The fourth-order valence-corrected chi connectivity index (χ4v) is 5.59. The van der Waals surface area contributed by atoms with Crippen LogP contribution in [0, 0.1) is 0 Å². The quantitative estimate of drug-likeness (QED) is 0.906. The van der Waals surface area contributed by atoms with Crippen molar-refractivity contribution < 1.29 is 8.42 Å². The molecule has 0 saturated carbocycles. The average molecular weight is 354 g/mol. The summed E-state index contributed by atoms with van der Waals surface area (Å²) in [5, 5.41) is 0.229. The maximum Gasteiger partial charge on any atom is 0.245 e. The van der Waals surface area contributed by atoms with Gasteiger partial charge < -0.3 is 5.73 Å². The molecular formula is C11H14BrClN2O2S. The number of nitrogens with two attached hydrogens (primary N) is 1. The number of hydrogen-bond acceptors (Lipinski definition) is 3. The second-order valence-electron chi connectivity index (χ2n) is 4.20. The first-order chi connectivity index (χ1) is 8.48. The zero-order valence-corrected chi connectivity index (χ0v) is 12.8. The lowest BCUT2D eigenvalue weighted by Gasteiger charge is -2.23. The molecule has 0 aliphatic carbocycles. The Bertz CT molecular complexity index is 530. The third-order valence-electron chi connectivity index (χ3n) is 3.08. The minimum absolute atomic E-state index is 0.127. The molecule has 18 heavy (non-hydrogen) atoms. The first-order valence-corrected chi connectivity index (χ1v) is 8.25. The van der Waals surface area contributed by atoms with Gasteiger partial charge in [-0.1, -0.05) is 17.7 Å². The monoisotopic (exact) mass is 352 g/mol. The summed E-state index contributed by atoms with van der Waals surface area (Å²) in [6.07, 6.45) is 1.64. The molecule has 1 heterocycles. The van der Waals surface area contributed by atoms with Gasteiger partial charge in [-0.2, -0.15) is 4.31 Å². The minimum atomic E-state index is -3.59. The Morgan fingerprint density at radius 3 is 2.83 bits per heavy atom. The number of sulfonamides is 1. The molecule has 2 rings (SSSR count). The Kier molecular flexibility index (Phi) is 4.33. The van der Waals surface area contributed by atoms with E-state index in [0.717, 1.165) is 12.8 Å². The summed E-state index contributed by atoms with van der Waals surface area (Å²) in [4.78, 5) is 0.131. The minimum Gasteiger partial charge on any atom is -0.329 e. The highest BCUT2D eigenvalue weighted by Crippen LogP contribution is 2.34. The van der Waals surface area contributed by atoms with Gasteiger partial charge in [0.15, 0.2) is 0 Å². The Hall–Kier alpha value is -0.140. The van der Waals surface area contributed by atoms with Gasteiger partial charge in [-0.05, 0) is 40.9 Å². The van der Waals surface area contributed by atoms with Crippen molar-refractivity contribution in [2.24, 2.45) is 5.73 Å². The molecule has 0 aromatic heterocycles. The zero-order valence-electron chi connectivity index (χ0n) is 9.64. The first kappa shape index (κ1) is 14.3.